The van der Waals surface area contributed by atoms with Gasteiger partial charge in [0, 0.05) is 23.8 Å². The van der Waals surface area contributed by atoms with E-state index in [1.54, 1.807) is 19.6 Å². The second-order valence-corrected chi connectivity index (χ2v) is 7.24. The fourth-order valence-corrected chi connectivity index (χ4v) is 3.20. The summed E-state index contributed by atoms with van der Waals surface area (Å²) in [4.78, 5) is 16.6. The van der Waals surface area contributed by atoms with E-state index in [2.05, 4.69) is 24.1 Å². The van der Waals surface area contributed by atoms with Crippen LogP contribution in [0.3, 0.4) is 0 Å². The fraction of sp³-hybridized carbons (Fsp3) is 0.444. The Morgan fingerprint density at radius 2 is 1.96 bits per heavy atom. The summed E-state index contributed by atoms with van der Waals surface area (Å²) in [6.45, 7) is 5.14. The number of nitrogens with one attached hydrogen (secondary N) is 1. The summed E-state index contributed by atoms with van der Waals surface area (Å²) in [5.41, 5.74) is 6.73. The van der Waals surface area contributed by atoms with Crippen molar-refractivity contribution in [1.82, 2.24) is 10.3 Å². The number of nitrogens with two attached hydrogens (primary N) is 1. The lowest BCUT2D eigenvalue weighted by Gasteiger charge is -2.26. The maximum atomic E-state index is 12.3. The van der Waals surface area contributed by atoms with E-state index < -0.39 is 0 Å². The van der Waals surface area contributed by atoms with E-state index in [0.29, 0.717) is 36.7 Å². The van der Waals surface area contributed by atoms with Crippen LogP contribution in [0, 0.1) is 0 Å². The molecule has 0 spiro atoms. The van der Waals surface area contributed by atoms with Gasteiger partial charge in [0.05, 0.1) is 19.2 Å². The largest absolute Gasteiger partial charge is 0.493 e. The van der Waals surface area contributed by atoms with Gasteiger partial charge < -0.3 is 20.5 Å². The first-order chi connectivity index (χ1) is 11.9. The van der Waals surface area contributed by atoms with Gasteiger partial charge in [-0.15, -0.1) is 23.7 Å². The van der Waals surface area contributed by atoms with E-state index in [4.69, 9.17) is 15.2 Å². The van der Waals surface area contributed by atoms with Gasteiger partial charge in [-0.05, 0) is 24.2 Å². The van der Waals surface area contributed by atoms with Gasteiger partial charge in [0.1, 0.15) is 5.69 Å². The number of ether oxygens (including phenoxy) is 2. The van der Waals surface area contributed by atoms with Crippen molar-refractivity contribution in [3.63, 3.8) is 0 Å². The molecule has 0 saturated heterocycles. The smallest absolute Gasteiger partial charge is 0.270 e. The first kappa shape index (κ1) is 22.2. The number of methoxy groups -OCH3 is 2. The molecule has 0 atom stereocenters. The summed E-state index contributed by atoms with van der Waals surface area (Å²) < 4.78 is 10.6. The van der Waals surface area contributed by atoms with E-state index >= 15 is 0 Å². The molecule has 0 aliphatic heterocycles. The van der Waals surface area contributed by atoms with Crippen LogP contribution in [0.5, 0.6) is 11.5 Å². The van der Waals surface area contributed by atoms with Gasteiger partial charge >= 0.3 is 0 Å². The number of halogens is 1. The molecule has 26 heavy (non-hydrogen) atoms. The Kier molecular flexibility index (Phi) is 8.33. The second kappa shape index (κ2) is 9.75. The van der Waals surface area contributed by atoms with Crippen LogP contribution in [-0.4, -0.2) is 38.2 Å². The number of hydrogen-bond donors (Lipinski definition) is 2. The van der Waals surface area contributed by atoms with E-state index in [1.165, 1.54) is 11.3 Å². The lowest BCUT2D eigenvalue weighted by Crippen LogP contribution is -2.36. The molecule has 1 aromatic heterocycles. The van der Waals surface area contributed by atoms with Crippen LogP contribution in [0.1, 0.15) is 34.9 Å². The summed E-state index contributed by atoms with van der Waals surface area (Å²) >= 11 is 1.46. The van der Waals surface area contributed by atoms with Crippen molar-refractivity contribution < 1.29 is 14.3 Å². The molecule has 0 fully saturated rings. The molecule has 2 aromatic rings. The first-order valence-electron chi connectivity index (χ1n) is 8.06. The van der Waals surface area contributed by atoms with E-state index in [-0.39, 0.29) is 23.7 Å². The normalized spacial score (nSPS) is 10.8. The fourth-order valence-electron chi connectivity index (χ4n) is 2.40. The first-order valence-corrected chi connectivity index (χ1v) is 8.94. The van der Waals surface area contributed by atoms with Crippen LogP contribution in [0.4, 0.5) is 0 Å². The minimum atomic E-state index is -0.272. The molecule has 0 aliphatic rings. The molecule has 0 saturated carbocycles. The van der Waals surface area contributed by atoms with E-state index in [0.717, 1.165) is 10.6 Å². The Bertz CT molecular complexity index is 734. The predicted octanol–water partition coefficient (Wildman–Crippen LogP) is 2.79. The predicted molar refractivity (Wildman–Crippen MR) is 107 cm³/mol. The topological polar surface area (TPSA) is 86.5 Å². The van der Waals surface area contributed by atoms with Crippen molar-refractivity contribution in [3.8, 4) is 11.5 Å². The number of amides is 1. The zero-order valence-corrected chi connectivity index (χ0v) is 17.1. The number of benzene rings is 1. The van der Waals surface area contributed by atoms with Crippen LogP contribution in [-0.2, 0) is 11.8 Å². The molecule has 1 aromatic carbocycles. The van der Waals surface area contributed by atoms with Gasteiger partial charge in [-0.3, -0.25) is 4.79 Å². The zero-order chi connectivity index (χ0) is 18.4. The van der Waals surface area contributed by atoms with Crippen molar-refractivity contribution in [2.24, 2.45) is 5.73 Å². The van der Waals surface area contributed by atoms with Crippen molar-refractivity contribution in [1.29, 1.82) is 0 Å². The van der Waals surface area contributed by atoms with E-state index in [9.17, 15) is 4.79 Å². The highest BCUT2D eigenvalue weighted by Crippen LogP contribution is 2.32. The van der Waals surface area contributed by atoms with Crippen molar-refractivity contribution in [2.75, 3.05) is 27.3 Å². The van der Waals surface area contributed by atoms with Crippen LogP contribution >= 0.6 is 23.7 Å². The summed E-state index contributed by atoms with van der Waals surface area (Å²) in [5.74, 6) is 1.18. The standard InChI is InChI=1S/C18H25N3O3S.ClH/c1-18(2,12-5-6-14(23-3)15(9-12)24-4)11-20-17(22)13-10-25-16(21-13)7-8-19;/h5-6,9-10H,7-8,11,19H2,1-4H3,(H,20,22);1H. The van der Waals surface area contributed by atoms with Gasteiger partial charge in [-0.1, -0.05) is 19.9 Å². The summed E-state index contributed by atoms with van der Waals surface area (Å²) in [5, 5.41) is 5.61. The highest BCUT2D eigenvalue weighted by Gasteiger charge is 2.24. The molecule has 0 radical (unpaired) electrons. The maximum absolute atomic E-state index is 12.3. The maximum Gasteiger partial charge on any atom is 0.270 e. The highest BCUT2D eigenvalue weighted by molar-refractivity contribution is 7.09. The molecular formula is C18H26ClN3O3S. The number of aromatic nitrogens is 1. The van der Waals surface area contributed by atoms with Gasteiger partial charge in [0.25, 0.3) is 5.91 Å². The van der Waals surface area contributed by atoms with Gasteiger partial charge in [0.15, 0.2) is 11.5 Å². The molecule has 3 N–H and O–H groups in total. The molecule has 2 rings (SSSR count). The Labute approximate surface area is 164 Å². The summed E-state index contributed by atoms with van der Waals surface area (Å²) in [7, 11) is 3.22. The Hall–Kier alpha value is -1.83. The van der Waals surface area contributed by atoms with Crippen LogP contribution in [0.25, 0.3) is 0 Å². The molecule has 8 heteroatoms. The Morgan fingerprint density at radius 3 is 2.58 bits per heavy atom. The highest BCUT2D eigenvalue weighted by atomic mass is 35.5. The molecule has 6 nitrogen and oxygen atoms in total. The number of rotatable bonds is 8. The summed E-state index contributed by atoms with van der Waals surface area (Å²) in [6.07, 6.45) is 0.690. The average molecular weight is 400 g/mol. The molecule has 0 unspecified atom stereocenters. The van der Waals surface area contributed by atoms with Crippen LogP contribution < -0.4 is 20.5 Å². The molecule has 1 amide bonds. The second-order valence-electron chi connectivity index (χ2n) is 6.30. The van der Waals surface area contributed by atoms with Crippen molar-refractivity contribution >= 4 is 29.7 Å². The molecule has 1 heterocycles. The van der Waals surface area contributed by atoms with Gasteiger partial charge in [-0.25, -0.2) is 4.98 Å². The van der Waals surface area contributed by atoms with Gasteiger partial charge in [-0.2, -0.15) is 0 Å². The van der Waals surface area contributed by atoms with Crippen molar-refractivity contribution in [3.05, 3.63) is 39.8 Å². The Morgan fingerprint density at radius 1 is 1.27 bits per heavy atom. The Balaban J connectivity index is 0.00000338. The minimum absolute atomic E-state index is 0. The average Bonchev–Trinajstić information content (AvgIpc) is 3.08. The number of thiazole rings is 1. The van der Waals surface area contributed by atoms with Gasteiger partial charge in [0.2, 0.25) is 0 Å². The molecular weight excluding hydrogens is 374 g/mol. The quantitative estimate of drug-likeness (QED) is 0.712. The number of nitrogens with zero attached hydrogens (tertiary/aromatic N) is 1. The monoisotopic (exact) mass is 399 g/mol. The summed E-state index contributed by atoms with van der Waals surface area (Å²) in [6, 6.07) is 5.79. The molecule has 0 bridgehead atoms. The third-order valence-corrected chi connectivity index (χ3v) is 4.91. The van der Waals surface area contributed by atoms with Crippen LogP contribution in [0.15, 0.2) is 23.6 Å². The number of carbonyl (C=O) groups excluding carboxylic acids is 1. The zero-order valence-electron chi connectivity index (χ0n) is 15.5. The van der Waals surface area contributed by atoms with E-state index in [1.807, 2.05) is 18.2 Å². The molecule has 144 valence electrons. The number of hydrogen-bond acceptors (Lipinski definition) is 6. The lowest BCUT2D eigenvalue weighted by molar-refractivity contribution is 0.0941. The van der Waals surface area contributed by atoms with Crippen molar-refractivity contribution in [2.45, 2.75) is 25.7 Å². The van der Waals surface area contributed by atoms with Crippen LogP contribution in [0.2, 0.25) is 0 Å². The third-order valence-electron chi connectivity index (χ3n) is 4.00. The minimum Gasteiger partial charge on any atom is -0.493 e. The SMILES string of the molecule is COc1ccc(C(C)(C)CNC(=O)c2csc(CCN)n2)cc1OC.Cl. The number of carbonyl (C=O) groups is 1. The third kappa shape index (κ3) is 5.33. The molecule has 0 aliphatic carbocycles. The lowest BCUT2D eigenvalue weighted by atomic mass is 9.84.